The predicted octanol–water partition coefficient (Wildman–Crippen LogP) is 2.24. The zero-order valence-electron chi connectivity index (χ0n) is 14.0. The molecule has 1 amide bonds. The number of aromatic nitrogens is 1. The number of sulfone groups is 1. The van der Waals surface area contributed by atoms with Crippen molar-refractivity contribution in [2.45, 2.75) is 6.04 Å². The zero-order chi connectivity index (χ0) is 19.4. The Hall–Kier alpha value is -2.71. The summed E-state index contributed by atoms with van der Waals surface area (Å²) < 4.78 is 28.6. The minimum absolute atomic E-state index is 0.154. The van der Waals surface area contributed by atoms with Crippen molar-refractivity contribution < 1.29 is 22.7 Å². The number of anilines is 1. The van der Waals surface area contributed by atoms with Crippen LogP contribution in [0.5, 0.6) is 0 Å². The smallest absolute Gasteiger partial charge is 0.340 e. The van der Waals surface area contributed by atoms with E-state index in [0.717, 1.165) is 5.41 Å². The van der Waals surface area contributed by atoms with E-state index in [0.29, 0.717) is 5.69 Å². The molecule has 1 aliphatic rings. The maximum Gasteiger partial charge on any atom is 0.340 e. The topological polar surface area (TPSA) is 93.6 Å². The van der Waals surface area contributed by atoms with Crippen molar-refractivity contribution in [1.29, 1.82) is 0 Å². The van der Waals surface area contributed by atoms with Crippen LogP contribution in [0.15, 0.2) is 60.1 Å². The Labute approximate surface area is 161 Å². The van der Waals surface area contributed by atoms with Crippen molar-refractivity contribution in [3.05, 3.63) is 70.9 Å². The molecule has 0 aliphatic carbocycles. The fourth-order valence-electron chi connectivity index (χ4n) is 2.61. The minimum Gasteiger partial charge on any atom is -0.452 e. The van der Waals surface area contributed by atoms with E-state index < -0.39 is 34.4 Å². The molecule has 1 atom stereocenters. The lowest BCUT2D eigenvalue weighted by Crippen LogP contribution is -2.43. The fraction of sp³-hybridized carbons (Fsp3) is 0.167. The molecule has 1 aromatic carbocycles. The van der Waals surface area contributed by atoms with E-state index >= 15 is 0 Å². The number of hydrogen-bond acceptors (Lipinski definition) is 6. The number of para-hydroxylation sites is 1. The molecule has 2 heterocycles. The quantitative estimate of drug-likeness (QED) is 0.558. The average Bonchev–Trinajstić information content (AvgIpc) is 3.00. The Morgan fingerprint density at radius 2 is 1.93 bits per heavy atom. The maximum atomic E-state index is 12.7. The molecule has 0 bridgehead atoms. The lowest BCUT2D eigenvalue weighted by Gasteiger charge is -2.27. The van der Waals surface area contributed by atoms with E-state index in [-0.39, 0.29) is 16.5 Å². The normalized spacial score (nSPS) is 17.4. The Morgan fingerprint density at radius 1 is 1.19 bits per heavy atom. The first-order valence-corrected chi connectivity index (χ1v) is 10.0. The van der Waals surface area contributed by atoms with Gasteiger partial charge in [-0.25, -0.2) is 18.2 Å². The first kappa shape index (κ1) is 19.1. The van der Waals surface area contributed by atoms with E-state index in [1.165, 1.54) is 29.3 Å². The van der Waals surface area contributed by atoms with Crippen LogP contribution in [-0.4, -0.2) is 43.7 Å². The summed E-state index contributed by atoms with van der Waals surface area (Å²) in [4.78, 5) is 29.9. The van der Waals surface area contributed by atoms with Gasteiger partial charge in [0, 0.05) is 17.3 Å². The molecule has 2 aromatic rings. The molecule has 3 rings (SSSR count). The van der Waals surface area contributed by atoms with Crippen LogP contribution in [0.1, 0.15) is 10.4 Å². The van der Waals surface area contributed by atoms with Gasteiger partial charge in [-0.3, -0.25) is 4.79 Å². The predicted molar refractivity (Wildman–Crippen MR) is 100 cm³/mol. The van der Waals surface area contributed by atoms with Gasteiger partial charge in [-0.05, 0) is 30.3 Å². The molecule has 27 heavy (non-hydrogen) atoms. The number of carbonyl (C=O) groups excluding carboxylic acids is 2. The van der Waals surface area contributed by atoms with Crippen molar-refractivity contribution in [2.24, 2.45) is 0 Å². The standard InChI is InChI=1S/C18H15ClN2O5S/c19-16-7-6-13(10-20-16)18(23)26-11-17(22)21(14-4-2-1-3-5-14)15-8-9-27(24,25)12-15/h1-10,15H,11-12H2/t15-/m0/s1. The van der Waals surface area contributed by atoms with Crippen LogP contribution >= 0.6 is 11.6 Å². The van der Waals surface area contributed by atoms with Crippen LogP contribution in [0, 0.1) is 0 Å². The molecule has 0 radical (unpaired) electrons. The summed E-state index contributed by atoms with van der Waals surface area (Å²) in [7, 11) is -3.36. The molecule has 140 valence electrons. The highest BCUT2D eigenvalue weighted by atomic mass is 35.5. The highest BCUT2D eigenvalue weighted by Gasteiger charge is 2.31. The number of ether oxygens (including phenoxy) is 1. The van der Waals surface area contributed by atoms with E-state index in [1.807, 2.05) is 0 Å². The molecule has 0 N–H and O–H groups in total. The van der Waals surface area contributed by atoms with Crippen molar-refractivity contribution >= 4 is 39.0 Å². The van der Waals surface area contributed by atoms with Crippen LogP contribution in [0.25, 0.3) is 0 Å². The molecule has 1 aliphatic heterocycles. The highest BCUT2D eigenvalue weighted by molar-refractivity contribution is 7.94. The largest absolute Gasteiger partial charge is 0.452 e. The number of benzene rings is 1. The fourth-order valence-corrected chi connectivity index (χ4v) is 3.99. The van der Waals surface area contributed by atoms with Crippen LogP contribution in [0.2, 0.25) is 5.15 Å². The van der Waals surface area contributed by atoms with E-state index in [2.05, 4.69) is 4.98 Å². The second-order valence-corrected chi connectivity index (χ2v) is 8.09. The number of esters is 1. The molecular weight excluding hydrogens is 392 g/mol. The van der Waals surface area contributed by atoms with Gasteiger partial charge in [-0.15, -0.1) is 0 Å². The lowest BCUT2D eigenvalue weighted by atomic mass is 10.2. The van der Waals surface area contributed by atoms with Gasteiger partial charge in [-0.1, -0.05) is 29.8 Å². The molecule has 0 saturated carbocycles. The molecule has 0 fully saturated rings. The number of nitrogens with zero attached hydrogens (tertiary/aromatic N) is 2. The van der Waals surface area contributed by atoms with E-state index in [1.54, 1.807) is 30.3 Å². The summed E-state index contributed by atoms with van der Waals surface area (Å²) in [5.41, 5.74) is 0.667. The molecule has 0 unspecified atom stereocenters. The molecule has 7 nitrogen and oxygen atoms in total. The summed E-state index contributed by atoms with van der Waals surface area (Å²) in [5, 5.41) is 1.32. The van der Waals surface area contributed by atoms with Crippen LogP contribution < -0.4 is 4.90 Å². The summed E-state index contributed by atoms with van der Waals surface area (Å²) in [5.74, 6) is -1.48. The maximum absolute atomic E-state index is 12.7. The first-order valence-electron chi connectivity index (χ1n) is 7.92. The van der Waals surface area contributed by atoms with Gasteiger partial charge in [0.1, 0.15) is 5.15 Å². The highest BCUT2D eigenvalue weighted by Crippen LogP contribution is 2.23. The summed E-state index contributed by atoms with van der Waals surface area (Å²) in [6.07, 6.45) is 2.70. The zero-order valence-corrected chi connectivity index (χ0v) is 15.6. The number of hydrogen-bond donors (Lipinski definition) is 0. The average molecular weight is 407 g/mol. The van der Waals surface area contributed by atoms with Crippen LogP contribution in [-0.2, 0) is 19.4 Å². The van der Waals surface area contributed by atoms with Crippen molar-refractivity contribution in [3.8, 4) is 0 Å². The van der Waals surface area contributed by atoms with Crippen molar-refractivity contribution in [3.63, 3.8) is 0 Å². The second-order valence-electron chi connectivity index (χ2n) is 5.77. The summed E-state index contributed by atoms with van der Waals surface area (Å²) in [6, 6.07) is 10.8. The van der Waals surface area contributed by atoms with Gasteiger partial charge < -0.3 is 9.64 Å². The van der Waals surface area contributed by atoms with E-state index in [9.17, 15) is 18.0 Å². The lowest BCUT2D eigenvalue weighted by molar-refractivity contribution is -0.121. The molecular formula is C18H15ClN2O5S. The number of amides is 1. The van der Waals surface area contributed by atoms with Crippen molar-refractivity contribution in [1.82, 2.24) is 4.98 Å². The SMILES string of the molecule is O=C(OCC(=O)N(c1ccccc1)[C@H]1C=CS(=O)(=O)C1)c1ccc(Cl)nc1. The Kier molecular flexibility index (Phi) is 5.57. The third-order valence-electron chi connectivity index (χ3n) is 3.84. The van der Waals surface area contributed by atoms with Gasteiger partial charge in [0.25, 0.3) is 5.91 Å². The number of pyridine rings is 1. The Balaban J connectivity index is 1.74. The Morgan fingerprint density at radius 3 is 2.52 bits per heavy atom. The monoisotopic (exact) mass is 406 g/mol. The summed E-state index contributed by atoms with van der Waals surface area (Å²) >= 11 is 5.67. The first-order chi connectivity index (χ1) is 12.9. The molecule has 1 aromatic heterocycles. The third kappa shape index (κ3) is 4.72. The summed E-state index contributed by atoms with van der Waals surface area (Å²) in [6.45, 7) is -0.541. The number of carbonyl (C=O) groups is 2. The minimum atomic E-state index is -3.36. The van der Waals surface area contributed by atoms with Gasteiger partial charge >= 0.3 is 5.97 Å². The van der Waals surface area contributed by atoms with Gasteiger partial charge in [0.2, 0.25) is 0 Å². The molecule has 0 saturated heterocycles. The van der Waals surface area contributed by atoms with Crippen LogP contribution in [0.4, 0.5) is 5.69 Å². The van der Waals surface area contributed by atoms with E-state index in [4.69, 9.17) is 16.3 Å². The van der Waals surface area contributed by atoms with Crippen molar-refractivity contribution in [2.75, 3.05) is 17.3 Å². The van der Waals surface area contributed by atoms with Gasteiger partial charge in [0.05, 0.1) is 17.4 Å². The molecule has 9 heteroatoms. The number of halogens is 1. The molecule has 0 spiro atoms. The third-order valence-corrected chi connectivity index (χ3v) is 5.44. The van der Waals surface area contributed by atoms with Crippen LogP contribution in [0.3, 0.4) is 0 Å². The second kappa shape index (κ2) is 7.89. The van der Waals surface area contributed by atoms with Gasteiger partial charge in [-0.2, -0.15) is 0 Å². The number of rotatable bonds is 5. The van der Waals surface area contributed by atoms with Gasteiger partial charge in [0.15, 0.2) is 16.4 Å². The Bertz CT molecular complexity index is 975.